The van der Waals surface area contributed by atoms with Crippen LogP contribution >= 0.6 is 0 Å². The molecule has 6 nitrogen and oxygen atoms in total. The highest BCUT2D eigenvalue weighted by atomic mass is 16.5. The van der Waals surface area contributed by atoms with Crippen molar-refractivity contribution < 1.29 is 9.15 Å². The molecule has 1 unspecified atom stereocenters. The zero-order valence-electron chi connectivity index (χ0n) is 14.9. The van der Waals surface area contributed by atoms with Crippen molar-refractivity contribution in [2.24, 2.45) is 4.99 Å². The Morgan fingerprint density at radius 1 is 1.29 bits per heavy atom. The molecule has 1 aliphatic carbocycles. The van der Waals surface area contributed by atoms with Crippen LogP contribution in [-0.2, 0) is 4.74 Å². The summed E-state index contributed by atoms with van der Waals surface area (Å²) in [6, 6.07) is 4.88. The quantitative estimate of drug-likeness (QED) is 0.638. The number of hydrogen-bond donors (Lipinski definition) is 2. The third-order valence-corrected chi connectivity index (χ3v) is 4.96. The van der Waals surface area contributed by atoms with Crippen molar-refractivity contribution in [2.45, 2.75) is 44.7 Å². The van der Waals surface area contributed by atoms with Crippen LogP contribution in [0.5, 0.6) is 0 Å². The Balaban J connectivity index is 1.62. The van der Waals surface area contributed by atoms with E-state index in [2.05, 4.69) is 26.6 Å². The van der Waals surface area contributed by atoms with Gasteiger partial charge < -0.3 is 19.8 Å². The van der Waals surface area contributed by atoms with Gasteiger partial charge in [-0.1, -0.05) is 12.8 Å². The summed E-state index contributed by atoms with van der Waals surface area (Å²) in [4.78, 5) is 6.82. The maximum Gasteiger partial charge on any atom is 0.191 e. The third-order valence-electron chi connectivity index (χ3n) is 4.96. The topological polar surface area (TPSA) is 62.0 Å². The number of rotatable bonds is 5. The molecular formula is C18H30N4O2. The third kappa shape index (κ3) is 4.51. The summed E-state index contributed by atoms with van der Waals surface area (Å²) in [5, 5.41) is 7.04. The van der Waals surface area contributed by atoms with Crippen molar-refractivity contribution in [1.82, 2.24) is 15.5 Å². The lowest BCUT2D eigenvalue weighted by molar-refractivity contribution is 0.0124. The maximum atomic E-state index is 5.92. The predicted molar refractivity (Wildman–Crippen MR) is 95.3 cm³/mol. The summed E-state index contributed by atoms with van der Waals surface area (Å²) in [5.74, 6) is 2.86. The fourth-order valence-electron chi connectivity index (χ4n) is 3.58. The monoisotopic (exact) mass is 334 g/mol. The number of hydrogen-bond acceptors (Lipinski definition) is 4. The second-order valence-electron chi connectivity index (χ2n) is 6.69. The predicted octanol–water partition coefficient (Wildman–Crippen LogP) is 2.07. The summed E-state index contributed by atoms with van der Waals surface area (Å²) < 4.78 is 11.4. The van der Waals surface area contributed by atoms with E-state index < -0.39 is 0 Å². The highest BCUT2D eigenvalue weighted by Gasteiger charge is 2.26. The Bertz CT molecular complexity index is 531. The van der Waals surface area contributed by atoms with Crippen LogP contribution in [0.25, 0.3) is 0 Å². The van der Waals surface area contributed by atoms with Crippen molar-refractivity contribution in [1.29, 1.82) is 0 Å². The molecule has 2 N–H and O–H groups in total. The van der Waals surface area contributed by atoms with Crippen LogP contribution in [0.3, 0.4) is 0 Å². The average Bonchev–Trinajstić information content (AvgIpc) is 3.27. The first-order valence-electron chi connectivity index (χ1n) is 9.11. The molecule has 3 rings (SSSR count). The van der Waals surface area contributed by atoms with E-state index in [-0.39, 0.29) is 6.04 Å². The summed E-state index contributed by atoms with van der Waals surface area (Å²) >= 11 is 0. The minimum absolute atomic E-state index is 0.199. The van der Waals surface area contributed by atoms with Gasteiger partial charge >= 0.3 is 0 Å². The van der Waals surface area contributed by atoms with Crippen LogP contribution in [0.15, 0.2) is 21.5 Å². The number of furan rings is 1. The summed E-state index contributed by atoms with van der Waals surface area (Å²) in [6.07, 6.45) is 5.11. The second-order valence-corrected chi connectivity index (χ2v) is 6.69. The molecule has 0 spiro atoms. The van der Waals surface area contributed by atoms with E-state index in [0.29, 0.717) is 6.04 Å². The number of nitrogens with one attached hydrogen (secondary N) is 2. The van der Waals surface area contributed by atoms with Crippen molar-refractivity contribution in [3.8, 4) is 0 Å². The Kier molecular flexibility index (Phi) is 6.15. The molecule has 6 heteroatoms. The van der Waals surface area contributed by atoms with E-state index in [1.165, 1.54) is 25.7 Å². The van der Waals surface area contributed by atoms with Gasteiger partial charge in [0.1, 0.15) is 11.5 Å². The maximum absolute atomic E-state index is 5.92. The van der Waals surface area contributed by atoms with Gasteiger partial charge in [-0.25, -0.2) is 0 Å². The highest BCUT2D eigenvalue weighted by Crippen LogP contribution is 2.23. The van der Waals surface area contributed by atoms with Crippen LogP contribution in [0, 0.1) is 6.92 Å². The molecule has 134 valence electrons. The number of guanidine groups is 1. The van der Waals surface area contributed by atoms with Gasteiger partial charge in [-0.15, -0.1) is 0 Å². The molecule has 2 aliphatic rings. The first kappa shape index (κ1) is 17.3. The molecule has 1 saturated heterocycles. The van der Waals surface area contributed by atoms with Crippen LogP contribution < -0.4 is 10.6 Å². The lowest BCUT2D eigenvalue weighted by Gasteiger charge is -2.33. The van der Waals surface area contributed by atoms with E-state index in [4.69, 9.17) is 9.15 Å². The fraction of sp³-hybridized carbons (Fsp3) is 0.722. The van der Waals surface area contributed by atoms with Crippen LogP contribution in [-0.4, -0.2) is 56.8 Å². The number of morpholine rings is 1. The zero-order chi connectivity index (χ0) is 16.8. The number of nitrogens with zero attached hydrogens (tertiary/aromatic N) is 2. The molecule has 1 aromatic heterocycles. The summed E-state index contributed by atoms with van der Waals surface area (Å²) in [7, 11) is 1.84. The van der Waals surface area contributed by atoms with Crippen molar-refractivity contribution >= 4 is 5.96 Å². The SMILES string of the molecule is CN=C(NCC(c1ccc(C)o1)N1CCOCC1)NC1CCCC1. The fourth-order valence-corrected chi connectivity index (χ4v) is 3.58. The smallest absolute Gasteiger partial charge is 0.191 e. The summed E-state index contributed by atoms with van der Waals surface area (Å²) in [5.41, 5.74) is 0. The van der Waals surface area contributed by atoms with E-state index in [1.54, 1.807) is 0 Å². The van der Waals surface area contributed by atoms with Gasteiger partial charge in [0.15, 0.2) is 5.96 Å². The Morgan fingerprint density at radius 3 is 2.67 bits per heavy atom. The Hall–Kier alpha value is -1.53. The number of aryl methyl sites for hydroxylation is 1. The lowest BCUT2D eigenvalue weighted by atomic mass is 10.1. The van der Waals surface area contributed by atoms with Gasteiger partial charge in [-0.2, -0.15) is 0 Å². The molecule has 0 radical (unpaired) electrons. The van der Waals surface area contributed by atoms with Crippen molar-refractivity contribution in [3.05, 3.63) is 23.7 Å². The van der Waals surface area contributed by atoms with Crippen LogP contribution in [0.2, 0.25) is 0 Å². The van der Waals surface area contributed by atoms with Gasteiger partial charge in [-0.05, 0) is 31.9 Å². The highest BCUT2D eigenvalue weighted by molar-refractivity contribution is 5.80. The molecule has 1 aromatic rings. The Morgan fingerprint density at radius 2 is 2.04 bits per heavy atom. The van der Waals surface area contributed by atoms with Gasteiger partial charge in [0, 0.05) is 32.7 Å². The number of aliphatic imine (C=N–C) groups is 1. The molecule has 1 saturated carbocycles. The average molecular weight is 334 g/mol. The first-order chi connectivity index (χ1) is 11.8. The van der Waals surface area contributed by atoms with Crippen molar-refractivity contribution in [3.63, 3.8) is 0 Å². The molecule has 0 amide bonds. The molecule has 0 aromatic carbocycles. The number of ether oxygens (including phenoxy) is 1. The second kappa shape index (κ2) is 8.53. The van der Waals surface area contributed by atoms with Gasteiger partial charge in [-0.3, -0.25) is 9.89 Å². The largest absolute Gasteiger partial charge is 0.465 e. The molecule has 2 fully saturated rings. The van der Waals surface area contributed by atoms with Crippen LogP contribution in [0.4, 0.5) is 0 Å². The molecule has 1 aliphatic heterocycles. The zero-order valence-corrected chi connectivity index (χ0v) is 14.9. The van der Waals surface area contributed by atoms with Gasteiger partial charge in [0.25, 0.3) is 0 Å². The Labute approximate surface area is 144 Å². The molecule has 24 heavy (non-hydrogen) atoms. The van der Waals surface area contributed by atoms with Crippen LogP contribution in [0.1, 0.15) is 43.2 Å². The van der Waals surface area contributed by atoms with E-state index in [0.717, 1.165) is 50.3 Å². The molecule has 1 atom stereocenters. The van der Waals surface area contributed by atoms with Gasteiger partial charge in [0.2, 0.25) is 0 Å². The normalized spacial score (nSPS) is 21.8. The molecular weight excluding hydrogens is 304 g/mol. The molecule has 2 heterocycles. The minimum atomic E-state index is 0.199. The van der Waals surface area contributed by atoms with E-state index in [1.807, 2.05) is 20.0 Å². The standard InChI is InChI=1S/C18H30N4O2/c1-14-7-8-17(24-14)16(22-9-11-23-12-10-22)13-20-18(19-2)21-15-5-3-4-6-15/h7-8,15-16H,3-6,9-13H2,1-2H3,(H2,19,20,21). The first-order valence-corrected chi connectivity index (χ1v) is 9.11. The molecule has 0 bridgehead atoms. The minimum Gasteiger partial charge on any atom is -0.465 e. The van der Waals surface area contributed by atoms with E-state index >= 15 is 0 Å². The van der Waals surface area contributed by atoms with E-state index in [9.17, 15) is 0 Å². The summed E-state index contributed by atoms with van der Waals surface area (Å²) in [6.45, 7) is 6.20. The van der Waals surface area contributed by atoms with Crippen molar-refractivity contribution in [2.75, 3.05) is 39.9 Å². The lowest BCUT2D eigenvalue weighted by Crippen LogP contribution is -2.47. The van der Waals surface area contributed by atoms with Gasteiger partial charge in [0.05, 0.1) is 19.3 Å².